The number of hydrogen-bond acceptors (Lipinski definition) is 3. The quantitative estimate of drug-likeness (QED) is 0.742. The van der Waals surface area contributed by atoms with Crippen molar-refractivity contribution in [2.24, 2.45) is 5.41 Å². The molecule has 1 aliphatic heterocycles. The summed E-state index contributed by atoms with van der Waals surface area (Å²) in [4.78, 5) is 0. The third-order valence-electron chi connectivity index (χ3n) is 3.98. The Morgan fingerprint density at radius 2 is 2.00 bits per heavy atom. The maximum absolute atomic E-state index is 5.72. The van der Waals surface area contributed by atoms with Crippen LogP contribution in [0.15, 0.2) is 0 Å². The fraction of sp³-hybridized carbons (Fsp3) is 1.00. The molecule has 0 aromatic carbocycles. The molecule has 1 saturated heterocycles. The Kier molecular flexibility index (Phi) is 4.83. The molecule has 17 heavy (non-hydrogen) atoms. The van der Waals surface area contributed by atoms with Gasteiger partial charge in [0, 0.05) is 32.4 Å². The molecule has 0 unspecified atom stereocenters. The molecule has 0 bridgehead atoms. The second-order valence-corrected chi connectivity index (χ2v) is 5.94. The van der Waals surface area contributed by atoms with E-state index in [-0.39, 0.29) is 0 Å². The Hall–Kier alpha value is -0.120. The van der Waals surface area contributed by atoms with E-state index in [1.54, 1.807) is 0 Å². The first-order valence-electron chi connectivity index (χ1n) is 7.13. The first-order chi connectivity index (χ1) is 8.20. The molecule has 0 atom stereocenters. The van der Waals surface area contributed by atoms with Crippen molar-refractivity contribution in [3.05, 3.63) is 0 Å². The van der Waals surface area contributed by atoms with Crippen molar-refractivity contribution in [1.82, 2.24) is 5.32 Å². The molecular formula is C14H27NO2. The lowest BCUT2D eigenvalue weighted by Gasteiger charge is -2.37. The predicted octanol–water partition coefficient (Wildman–Crippen LogP) is 2.35. The van der Waals surface area contributed by atoms with Crippen LogP contribution in [0.5, 0.6) is 0 Å². The summed E-state index contributed by atoms with van der Waals surface area (Å²) in [6.07, 6.45) is 6.64. The number of hydrogen-bond donors (Lipinski definition) is 1. The topological polar surface area (TPSA) is 30.5 Å². The van der Waals surface area contributed by atoms with Gasteiger partial charge in [0.25, 0.3) is 0 Å². The lowest BCUT2D eigenvalue weighted by molar-refractivity contribution is -0.0146. The molecule has 2 rings (SSSR count). The lowest BCUT2D eigenvalue weighted by atomic mass is 9.77. The summed E-state index contributed by atoms with van der Waals surface area (Å²) < 4.78 is 11.2. The minimum Gasteiger partial charge on any atom is -0.381 e. The Bertz CT molecular complexity index is 220. The SMILES string of the molecule is CC(C)OCCC1(CNC2CC2)CCOCC1. The van der Waals surface area contributed by atoms with Crippen molar-refractivity contribution in [1.29, 1.82) is 0 Å². The molecule has 3 heteroatoms. The van der Waals surface area contributed by atoms with E-state index in [0.717, 1.165) is 32.4 Å². The van der Waals surface area contributed by atoms with Crippen LogP contribution in [-0.4, -0.2) is 38.5 Å². The highest BCUT2D eigenvalue weighted by molar-refractivity contribution is 4.89. The lowest BCUT2D eigenvalue weighted by Crippen LogP contribution is -2.41. The normalized spacial score (nSPS) is 24.2. The first-order valence-corrected chi connectivity index (χ1v) is 7.13. The van der Waals surface area contributed by atoms with E-state index in [9.17, 15) is 0 Å². The summed E-state index contributed by atoms with van der Waals surface area (Å²) in [6.45, 7) is 8.12. The van der Waals surface area contributed by atoms with Gasteiger partial charge in [-0.25, -0.2) is 0 Å². The van der Waals surface area contributed by atoms with Gasteiger partial charge in [0.15, 0.2) is 0 Å². The van der Waals surface area contributed by atoms with Gasteiger partial charge in [-0.3, -0.25) is 0 Å². The monoisotopic (exact) mass is 241 g/mol. The third-order valence-corrected chi connectivity index (χ3v) is 3.98. The van der Waals surface area contributed by atoms with Gasteiger partial charge >= 0.3 is 0 Å². The summed E-state index contributed by atoms with van der Waals surface area (Å²) in [5.41, 5.74) is 0.426. The van der Waals surface area contributed by atoms with Gasteiger partial charge in [-0.2, -0.15) is 0 Å². The van der Waals surface area contributed by atoms with Gasteiger partial charge in [0.1, 0.15) is 0 Å². The van der Waals surface area contributed by atoms with Crippen LogP contribution in [0.4, 0.5) is 0 Å². The fourth-order valence-electron chi connectivity index (χ4n) is 2.48. The maximum atomic E-state index is 5.72. The molecule has 0 aromatic heterocycles. The van der Waals surface area contributed by atoms with Crippen LogP contribution in [-0.2, 0) is 9.47 Å². The molecule has 0 amide bonds. The summed E-state index contributed by atoms with van der Waals surface area (Å²) >= 11 is 0. The average Bonchev–Trinajstić information content (AvgIpc) is 3.11. The molecule has 1 N–H and O–H groups in total. The molecule has 1 saturated carbocycles. The molecule has 0 radical (unpaired) electrons. The number of nitrogens with one attached hydrogen (secondary N) is 1. The highest BCUT2D eigenvalue weighted by atomic mass is 16.5. The van der Waals surface area contributed by atoms with Crippen LogP contribution in [0.25, 0.3) is 0 Å². The molecule has 1 heterocycles. The average molecular weight is 241 g/mol. The second-order valence-electron chi connectivity index (χ2n) is 5.94. The van der Waals surface area contributed by atoms with Crippen molar-refractivity contribution in [2.45, 2.75) is 58.1 Å². The molecule has 3 nitrogen and oxygen atoms in total. The van der Waals surface area contributed by atoms with Crippen LogP contribution in [0.2, 0.25) is 0 Å². The fourth-order valence-corrected chi connectivity index (χ4v) is 2.48. The zero-order valence-electron chi connectivity index (χ0n) is 11.3. The zero-order chi connectivity index (χ0) is 12.1. The van der Waals surface area contributed by atoms with E-state index in [4.69, 9.17) is 9.47 Å². The summed E-state index contributed by atoms with van der Waals surface area (Å²) in [5, 5.41) is 3.69. The maximum Gasteiger partial charge on any atom is 0.0518 e. The Morgan fingerprint density at radius 3 is 2.59 bits per heavy atom. The Balaban J connectivity index is 1.77. The van der Waals surface area contributed by atoms with E-state index >= 15 is 0 Å². The summed E-state index contributed by atoms with van der Waals surface area (Å²) in [7, 11) is 0. The molecule has 2 fully saturated rings. The minimum absolute atomic E-state index is 0.350. The second kappa shape index (κ2) is 6.17. The van der Waals surface area contributed by atoms with E-state index in [1.807, 2.05) is 0 Å². The molecular weight excluding hydrogens is 214 g/mol. The summed E-state index contributed by atoms with van der Waals surface area (Å²) in [5.74, 6) is 0. The van der Waals surface area contributed by atoms with Crippen molar-refractivity contribution < 1.29 is 9.47 Å². The Morgan fingerprint density at radius 1 is 1.29 bits per heavy atom. The first kappa shape index (κ1) is 13.3. The summed E-state index contributed by atoms with van der Waals surface area (Å²) in [6, 6.07) is 0.806. The number of rotatable bonds is 7. The van der Waals surface area contributed by atoms with E-state index in [0.29, 0.717) is 11.5 Å². The largest absolute Gasteiger partial charge is 0.381 e. The van der Waals surface area contributed by atoms with Gasteiger partial charge < -0.3 is 14.8 Å². The van der Waals surface area contributed by atoms with Crippen LogP contribution < -0.4 is 5.32 Å². The molecule has 1 aliphatic carbocycles. The molecule has 2 aliphatic rings. The highest BCUT2D eigenvalue weighted by Gasteiger charge is 2.34. The van der Waals surface area contributed by atoms with Crippen LogP contribution >= 0.6 is 0 Å². The Labute approximate surface area is 105 Å². The van der Waals surface area contributed by atoms with Gasteiger partial charge in [-0.15, -0.1) is 0 Å². The van der Waals surface area contributed by atoms with Crippen molar-refractivity contribution in [3.8, 4) is 0 Å². The number of ether oxygens (including phenoxy) is 2. The zero-order valence-corrected chi connectivity index (χ0v) is 11.3. The van der Waals surface area contributed by atoms with Gasteiger partial charge in [-0.1, -0.05) is 0 Å². The van der Waals surface area contributed by atoms with E-state index in [2.05, 4.69) is 19.2 Å². The highest BCUT2D eigenvalue weighted by Crippen LogP contribution is 2.34. The molecule has 100 valence electrons. The van der Waals surface area contributed by atoms with E-state index < -0.39 is 0 Å². The van der Waals surface area contributed by atoms with Crippen LogP contribution in [0, 0.1) is 5.41 Å². The van der Waals surface area contributed by atoms with Gasteiger partial charge in [0.05, 0.1) is 6.10 Å². The van der Waals surface area contributed by atoms with Crippen molar-refractivity contribution >= 4 is 0 Å². The predicted molar refractivity (Wildman–Crippen MR) is 69.2 cm³/mol. The molecule has 0 aromatic rings. The smallest absolute Gasteiger partial charge is 0.0518 e. The van der Waals surface area contributed by atoms with Crippen molar-refractivity contribution in [3.63, 3.8) is 0 Å². The van der Waals surface area contributed by atoms with E-state index in [1.165, 1.54) is 32.1 Å². The minimum atomic E-state index is 0.350. The molecule has 0 spiro atoms. The van der Waals surface area contributed by atoms with Crippen molar-refractivity contribution in [2.75, 3.05) is 26.4 Å². The van der Waals surface area contributed by atoms with Gasteiger partial charge in [-0.05, 0) is 51.4 Å². The van der Waals surface area contributed by atoms with Crippen LogP contribution in [0.3, 0.4) is 0 Å². The van der Waals surface area contributed by atoms with Gasteiger partial charge in [0.2, 0.25) is 0 Å². The standard InChI is InChI=1S/C14H27NO2/c1-12(2)17-10-7-14(5-8-16-9-6-14)11-15-13-3-4-13/h12-13,15H,3-11H2,1-2H3. The third kappa shape index (κ3) is 4.57. The van der Waals surface area contributed by atoms with Crippen LogP contribution in [0.1, 0.15) is 46.0 Å².